The molecule has 7 aromatic carbocycles. The van der Waals surface area contributed by atoms with Crippen LogP contribution in [0.3, 0.4) is 0 Å². The first-order chi connectivity index (χ1) is 26.0. The summed E-state index contributed by atoms with van der Waals surface area (Å²) in [6, 6.07) is 61.4. The molecule has 1 aliphatic carbocycles. The monoisotopic (exact) mass is 677 g/mol. The normalized spacial score (nSPS) is 12.5. The highest BCUT2D eigenvalue weighted by atomic mass is 14.9. The van der Waals surface area contributed by atoms with Gasteiger partial charge in [-0.05, 0) is 67.8 Å². The Labute approximate surface area is 310 Å². The van der Waals surface area contributed by atoms with Gasteiger partial charge >= 0.3 is 0 Å². The molecule has 3 heteroatoms. The molecule has 8 aromatic rings. The van der Waals surface area contributed by atoms with Crippen LogP contribution in [0.2, 0.25) is 0 Å². The molecule has 0 aliphatic heterocycles. The Kier molecular flexibility index (Phi) is 7.87. The number of fused-ring (bicyclic) bond motifs is 3. The summed E-state index contributed by atoms with van der Waals surface area (Å²) < 4.78 is 0. The second kappa shape index (κ2) is 13.0. The summed E-state index contributed by atoms with van der Waals surface area (Å²) in [5.41, 5.74) is 17.3. The lowest BCUT2D eigenvalue weighted by Gasteiger charge is -2.21. The summed E-state index contributed by atoms with van der Waals surface area (Å²) >= 11 is 0. The van der Waals surface area contributed by atoms with Gasteiger partial charge in [0.15, 0.2) is 11.5 Å². The molecule has 3 nitrogen and oxygen atoms in total. The molecule has 53 heavy (non-hydrogen) atoms. The van der Waals surface area contributed by atoms with Crippen LogP contribution in [0.5, 0.6) is 0 Å². The highest BCUT2D eigenvalue weighted by molar-refractivity contribution is 5.94. The molecule has 9 rings (SSSR count). The van der Waals surface area contributed by atoms with E-state index in [1.807, 2.05) is 30.3 Å². The van der Waals surface area contributed by atoms with Crippen molar-refractivity contribution in [2.75, 3.05) is 0 Å². The van der Waals surface area contributed by atoms with E-state index >= 15 is 0 Å². The number of nitrogens with zero attached hydrogens (tertiary/aromatic N) is 3. The average molecular weight is 678 g/mol. The molecule has 250 valence electrons. The van der Waals surface area contributed by atoms with E-state index in [-0.39, 0.29) is 5.41 Å². The van der Waals surface area contributed by atoms with Gasteiger partial charge in [-0.15, -0.1) is 0 Å². The van der Waals surface area contributed by atoms with Crippen molar-refractivity contribution in [3.05, 3.63) is 198 Å². The van der Waals surface area contributed by atoms with E-state index in [1.54, 1.807) is 0 Å². The fraction of sp³-hybridized carbons (Fsp3) is 0.0600. The molecule has 0 fully saturated rings. The van der Waals surface area contributed by atoms with E-state index in [0.717, 1.165) is 55.9 Å². The van der Waals surface area contributed by atoms with Crippen LogP contribution in [0.4, 0.5) is 5.69 Å². The summed E-state index contributed by atoms with van der Waals surface area (Å²) in [6.07, 6.45) is 0. The predicted molar refractivity (Wildman–Crippen MR) is 218 cm³/mol. The molecule has 0 atom stereocenters. The van der Waals surface area contributed by atoms with Crippen LogP contribution in [-0.2, 0) is 5.41 Å². The van der Waals surface area contributed by atoms with Gasteiger partial charge in [-0.1, -0.05) is 178 Å². The molecule has 0 spiro atoms. The first-order valence-electron chi connectivity index (χ1n) is 17.9. The van der Waals surface area contributed by atoms with Crippen LogP contribution in [0.15, 0.2) is 176 Å². The standard InChI is InChI=1S/C50H35N3/c1-50(2)44-30-29-39(51-3)31-43(44)48-41(19-12-20-45(48)50)36-25-21-33(22-26-36)34-23-27-38(28-24-34)49-52-46(37-15-8-5-9-16-37)32-47(53-49)42-18-11-10-17-40(42)35-13-6-4-7-14-35/h4-32H,1-2H3. The SMILES string of the molecule is [C-]#[N+]c1ccc2c(c1)-c1c(-c3ccc(-c4ccc(-c5nc(-c6ccccc6)cc(-c6ccccc6-c6ccccc6)n5)cc4)cc3)cccc1C2(C)C. The molecule has 1 heterocycles. The summed E-state index contributed by atoms with van der Waals surface area (Å²) in [4.78, 5) is 14.0. The van der Waals surface area contributed by atoms with E-state index in [2.05, 4.69) is 164 Å². The molecule has 1 aromatic heterocycles. The number of rotatable bonds is 6. The number of hydrogen-bond acceptors (Lipinski definition) is 2. The maximum atomic E-state index is 7.62. The molecular formula is C50H35N3. The Morgan fingerprint density at radius 3 is 1.64 bits per heavy atom. The molecule has 0 bridgehead atoms. The molecule has 1 aliphatic rings. The summed E-state index contributed by atoms with van der Waals surface area (Å²) in [7, 11) is 0. The lowest BCUT2D eigenvalue weighted by atomic mass is 9.82. The average Bonchev–Trinajstić information content (AvgIpc) is 3.46. The molecule has 0 amide bonds. The van der Waals surface area contributed by atoms with Crippen LogP contribution >= 0.6 is 0 Å². The van der Waals surface area contributed by atoms with Crippen LogP contribution < -0.4 is 0 Å². The highest BCUT2D eigenvalue weighted by Gasteiger charge is 2.36. The fourth-order valence-electron chi connectivity index (χ4n) is 7.80. The van der Waals surface area contributed by atoms with E-state index in [9.17, 15) is 0 Å². The number of aromatic nitrogens is 2. The van der Waals surface area contributed by atoms with Gasteiger partial charge < -0.3 is 0 Å². The fourth-order valence-corrected chi connectivity index (χ4v) is 7.80. The van der Waals surface area contributed by atoms with Gasteiger partial charge in [0.2, 0.25) is 0 Å². The minimum atomic E-state index is -0.126. The zero-order valence-corrected chi connectivity index (χ0v) is 29.6. The Hall–Kier alpha value is -6.89. The zero-order chi connectivity index (χ0) is 35.9. The Bertz CT molecular complexity index is 2670. The van der Waals surface area contributed by atoms with E-state index < -0.39 is 0 Å². The maximum absolute atomic E-state index is 7.62. The van der Waals surface area contributed by atoms with Crippen LogP contribution in [0, 0.1) is 6.57 Å². The largest absolute Gasteiger partial charge is 0.238 e. The van der Waals surface area contributed by atoms with Crippen molar-refractivity contribution < 1.29 is 0 Å². The summed E-state index contributed by atoms with van der Waals surface area (Å²) in [5.74, 6) is 0.689. The van der Waals surface area contributed by atoms with Gasteiger partial charge in [0.05, 0.1) is 18.0 Å². The topological polar surface area (TPSA) is 30.1 Å². The Morgan fingerprint density at radius 1 is 0.415 bits per heavy atom. The van der Waals surface area contributed by atoms with Crippen molar-refractivity contribution in [2.45, 2.75) is 19.3 Å². The molecule has 0 radical (unpaired) electrons. The molecular weight excluding hydrogens is 643 g/mol. The molecule has 0 N–H and O–H groups in total. The van der Waals surface area contributed by atoms with Crippen molar-refractivity contribution in [3.8, 4) is 78.4 Å². The Balaban J connectivity index is 1.07. The highest BCUT2D eigenvalue weighted by Crippen LogP contribution is 2.53. The first-order valence-corrected chi connectivity index (χ1v) is 17.9. The lowest BCUT2D eigenvalue weighted by Crippen LogP contribution is -2.14. The summed E-state index contributed by atoms with van der Waals surface area (Å²) in [6.45, 7) is 12.2. The first kappa shape index (κ1) is 32.0. The second-order valence-corrected chi connectivity index (χ2v) is 14.1. The van der Waals surface area contributed by atoms with Crippen LogP contribution in [0.25, 0.3) is 83.3 Å². The van der Waals surface area contributed by atoms with Gasteiger partial charge in [-0.2, -0.15) is 0 Å². The van der Waals surface area contributed by atoms with Gasteiger partial charge in [0.25, 0.3) is 0 Å². The zero-order valence-electron chi connectivity index (χ0n) is 29.6. The van der Waals surface area contributed by atoms with Gasteiger partial charge in [0.1, 0.15) is 0 Å². The number of benzene rings is 7. The molecule has 0 saturated carbocycles. The third-order valence-electron chi connectivity index (χ3n) is 10.6. The lowest BCUT2D eigenvalue weighted by molar-refractivity contribution is 0.660. The molecule has 0 unspecified atom stereocenters. The van der Waals surface area contributed by atoms with Crippen molar-refractivity contribution in [2.24, 2.45) is 0 Å². The van der Waals surface area contributed by atoms with Crippen molar-refractivity contribution in [1.29, 1.82) is 0 Å². The minimum absolute atomic E-state index is 0.126. The minimum Gasteiger partial charge on any atom is -0.238 e. The van der Waals surface area contributed by atoms with E-state index in [0.29, 0.717) is 11.5 Å². The van der Waals surface area contributed by atoms with Gasteiger partial charge in [0, 0.05) is 22.1 Å². The smallest absolute Gasteiger partial charge is 0.187 e. The van der Waals surface area contributed by atoms with Crippen molar-refractivity contribution in [1.82, 2.24) is 9.97 Å². The third-order valence-corrected chi connectivity index (χ3v) is 10.6. The van der Waals surface area contributed by atoms with Crippen LogP contribution in [-0.4, -0.2) is 9.97 Å². The molecule has 0 saturated heterocycles. The van der Waals surface area contributed by atoms with Crippen LogP contribution in [0.1, 0.15) is 25.0 Å². The third kappa shape index (κ3) is 5.72. The van der Waals surface area contributed by atoms with Gasteiger partial charge in [-0.25, -0.2) is 14.8 Å². The predicted octanol–water partition coefficient (Wildman–Crippen LogP) is 13.3. The second-order valence-electron chi connectivity index (χ2n) is 14.1. The number of hydrogen-bond donors (Lipinski definition) is 0. The quantitative estimate of drug-likeness (QED) is 0.164. The van der Waals surface area contributed by atoms with Gasteiger partial charge in [-0.3, -0.25) is 0 Å². The Morgan fingerprint density at radius 2 is 0.962 bits per heavy atom. The summed E-state index contributed by atoms with van der Waals surface area (Å²) in [5, 5.41) is 0. The van der Waals surface area contributed by atoms with Crippen molar-refractivity contribution in [3.63, 3.8) is 0 Å². The van der Waals surface area contributed by atoms with E-state index in [4.69, 9.17) is 16.5 Å². The van der Waals surface area contributed by atoms with E-state index in [1.165, 1.54) is 27.8 Å². The van der Waals surface area contributed by atoms with Crippen molar-refractivity contribution >= 4 is 5.69 Å². The maximum Gasteiger partial charge on any atom is 0.187 e.